The summed E-state index contributed by atoms with van der Waals surface area (Å²) in [7, 11) is 2.63. The number of aryl methyl sites for hydroxylation is 1. The summed E-state index contributed by atoms with van der Waals surface area (Å²) in [6.45, 7) is -1.18. The van der Waals surface area contributed by atoms with Gasteiger partial charge in [-0.05, 0) is 42.7 Å². The van der Waals surface area contributed by atoms with Gasteiger partial charge in [0.1, 0.15) is 47.5 Å². The molecule has 1 aliphatic carbocycles. The first kappa shape index (κ1) is 41.6. The standard InChI is InChI=1S/C38H42N6O14/c1-16-8-19-28(31(50)20(16)12-43-36(40)41-2)32(51)29-23(10-22(56-3)21(14-45)27(29)30(19)49)57-35-33(52)34(53)37(54,38(55,15-46)58-35)11-18(17-6-7-42-24(39)9-17)13-44-25(47)4-5-26(44)48/h4-10,18,33-35,45-46,50,52-55H,11-15H2,1-3H3,(H2,39,42)(H3,40,41,43)/t18-,33-,34-,35-,37+,38-/m1/s1. The van der Waals surface area contributed by atoms with Gasteiger partial charge in [-0.2, -0.15) is 0 Å². The number of aliphatic hydroxyl groups is 6. The van der Waals surface area contributed by atoms with E-state index in [1.807, 2.05) is 0 Å². The molecule has 1 saturated heterocycles. The lowest BCUT2D eigenvalue weighted by molar-refractivity contribution is -0.420. The van der Waals surface area contributed by atoms with Crippen molar-refractivity contribution in [2.75, 3.05) is 33.0 Å². The second kappa shape index (κ2) is 15.7. The minimum absolute atomic E-state index is 0.00617. The number of methoxy groups -OCH3 is 1. The van der Waals surface area contributed by atoms with Crippen molar-refractivity contribution in [3.8, 4) is 17.2 Å². The van der Waals surface area contributed by atoms with E-state index in [0.29, 0.717) is 5.56 Å². The fraction of sp³-hybridized carbons (Fsp3) is 0.368. The number of hydrogen-bond acceptors (Lipinski definition) is 17. The van der Waals surface area contributed by atoms with Gasteiger partial charge >= 0.3 is 0 Å². The van der Waals surface area contributed by atoms with Gasteiger partial charge in [0.25, 0.3) is 11.8 Å². The number of ketones is 2. The third-order valence-corrected chi connectivity index (χ3v) is 10.7. The molecule has 2 aromatic carbocycles. The zero-order valence-electron chi connectivity index (χ0n) is 31.4. The van der Waals surface area contributed by atoms with Gasteiger partial charge < -0.3 is 66.7 Å². The van der Waals surface area contributed by atoms with Gasteiger partial charge in [0.15, 0.2) is 11.7 Å². The summed E-state index contributed by atoms with van der Waals surface area (Å²) in [5, 5.41) is 82.1. The van der Waals surface area contributed by atoms with Gasteiger partial charge in [0, 0.05) is 72.7 Å². The Kier molecular flexibility index (Phi) is 11.3. The third kappa shape index (κ3) is 6.89. The fourth-order valence-electron chi connectivity index (χ4n) is 7.49. The van der Waals surface area contributed by atoms with Gasteiger partial charge in [-0.15, -0.1) is 0 Å². The van der Waals surface area contributed by atoms with Crippen LogP contribution in [0.4, 0.5) is 5.82 Å². The number of aromatic hydroxyl groups is 1. The normalized spacial score (nSPS) is 24.8. The van der Waals surface area contributed by atoms with Crippen LogP contribution in [0, 0.1) is 6.92 Å². The molecule has 20 heteroatoms. The average Bonchev–Trinajstić information content (AvgIpc) is 3.52. The number of carbonyl (C=O) groups excluding carboxylic acids is 4. The van der Waals surface area contributed by atoms with E-state index >= 15 is 0 Å². The highest BCUT2D eigenvalue weighted by molar-refractivity contribution is 6.31. The third-order valence-electron chi connectivity index (χ3n) is 10.7. The summed E-state index contributed by atoms with van der Waals surface area (Å²) >= 11 is 0. The van der Waals surface area contributed by atoms with Crippen molar-refractivity contribution in [1.82, 2.24) is 15.2 Å². The van der Waals surface area contributed by atoms with Gasteiger partial charge in [0.2, 0.25) is 17.9 Å². The number of hydrogen-bond donors (Lipinski definition) is 10. The predicted molar refractivity (Wildman–Crippen MR) is 199 cm³/mol. The van der Waals surface area contributed by atoms with Crippen LogP contribution in [0.5, 0.6) is 17.2 Å². The number of aliphatic imine (C=N–C) groups is 1. The maximum absolute atomic E-state index is 14.4. The molecule has 3 aromatic rings. The largest absolute Gasteiger partial charge is 0.507 e. The first-order valence-electron chi connectivity index (χ1n) is 17.7. The zero-order valence-corrected chi connectivity index (χ0v) is 31.4. The van der Waals surface area contributed by atoms with Gasteiger partial charge in [-0.1, -0.05) is 0 Å². The van der Waals surface area contributed by atoms with E-state index in [0.717, 1.165) is 23.1 Å². The van der Waals surface area contributed by atoms with Crippen LogP contribution in [0.15, 0.2) is 47.6 Å². The summed E-state index contributed by atoms with van der Waals surface area (Å²) in [6.07, 6.45) is -4.36. The van der Waals surface area contributed by atoms with Gasteiger partial charge in [-0.25, -0.2) is 4.98 Å². The van der Waals surface area contributed by atoms with E-state index in [4.69, 9.17) is 25.7 Å². The number of nitrogens with zero attached hydrogens (tertiary/aromatic N) is 3. The molecular weight excluding hydrogens is 764 g/mol. The van der Waals surface area contributed by atoms with Crippen LogP contribution in [0.25, 0.3) is 0 Å². The number of imide groups is 1. The first-order valence-corrected chi connectivity index (χ1v) is 17.7. The molecule has 0 unspecified atom stereocenters. The number of pyridine rings is 1. The van der Waals surface area contributed by atoms with E-state index in [2.05, 4.69) is 15.3 Å². The molecule has 1 aromatic heterocycles. The number of benzene rings is 2. The van der Waals surface area contributed by atoms with Gasteiger partial charge in [0.05, 0.1) is 24.8 Å². The first-order chi connectivity index (χ1) is 27.4. The molecule has 3 heterocycles. The average molecular weight is 807 g/mol. The number of aromatic nitrogens is 1. The summed E-state index contributed by atoms with van der Waals surface area (Å²) in [5.41, 5.74) is 7.81. The number of fused-ring (bicyclic) bond motifs is 2. The second-order valence-electron chi connectivity index (χ2n) is 14.0. The molecule has 0 bridgehead atoms. The Morgan fingerprint density at radius 3 is 2.33 bits per heavy atom. The van der Waals surface area contributed by atoms with Crippen LogP contribution in [-0.2, 0) is 27.5 Å². The Bertz CT molecular complexity index is 2250. The summed E-state index contributed by atoms with van der Waals surface area (Å²) < 4.78 is 17.0. The molecule has 0 spiro atoms. The topological polar surface area (TPSA) is 330 Å². The Balaban J connectivity index is 1.40. The number of carbonyl (C=O) groups is 4. The molecular formula is C38H42N6O14. The number of amides is 2. The van der Waals surface area contributed by atoms with Crippen LogP contribution in [0.2, 0.25) is 0 Å². The van der Waals surface area contributed by atoms with Crippen molar-refractivity contribution in [3.63, 3.8) is 0 Å². The molecule has 0 radical (unpaired) electrons. The molecule has 58 heavy (non-hydrogen) atoms. The number of nitrogens with two attached hydrogens (primary N) is 2. The summed E-state index contributed by atoms with van der Waals surface area (Å²) in [6, 6.07) is 5.24. The lowest BCUT2D eigenvalue weighted by Crippen LogP contribution is -2.75. The van der Waals surface area contributed by atoms with Crippen molar-refractivity contribution < 1.29 is 69.1 Å². The van der Waals surface area contributed by atoms with E-state index in [1.54, 1.807) is 6.92 Å². The minimum atomic E-state index is -3.17. The molecule has 3 aliphatic rings. The number of guanidine groups is 1. The van der Waals surface area contributed by atoms with Crippen molar-refractivity contribution >= 4 is 35.2 Å². The number of aliphatic hydroxyl groups excluding tert-OH is 4. The smallest absolute Gasteiger partial charge is 0.253 e. The number of anilines is 1. The lowest BCUT2D eigenvalue weighted by Gasteiger charge is -2.53. The fourth-order valence-corrected chi connectivity index (χ4v) is 7.49. The molecule has 6 rings (SSSR count). The highest BCUT2D eigenvalue weighted by atomic mass is 16.8. The van der Waals surface area contributed by atoms with Crippen LogP contribution in [-0.4, -0.2) is 132 Å². The number of nitrogens with one attached hydrogen (secondary N) is 1. The van der Waals surface area contributed by atoms with Crippen molar-refractivity contribution in [2.45, 2.75) is 62.3 Å². The molecule has 1 fully saturated rings. The highest BCUT2D eigenvalue weighted by Gasteiger charge is 2.65. The number of ether oxygens (including phenoxy) is 3. The van der Waals surface area contributed by atoms with E-state index in [1.165, 1.54) is 38.6 Å². The predicted octanol–water partition coefficient (Wildman–Crippen LogP) is -2.04. The Hall–Kier alpha value is -6.00. The number of nitrogen functional groups attached to an aromatic ring is 1. The number of phenolic OH excluding ortho intramolecular Hbond substituents is 1. The van der Waals surface area contributed by atoms with Crippen LogP contribution in [0.3, 0.4) is 0 Å². The summed E-state index contributed by atoms with van der Waals surface area (Å²) in [5.74, 6) is -8.77. The summed E-state index contributed by atoms with van der Waals surface area (Å²) in [4.78, 5) is 62.2. The molecule has 308 valence electrons. The monoisotopic (exact) mass is 806 g/mol. The number of phenols is 1. The Morgan fingerprint density at radius 1 is 1.03 bits per heavy atom. The van der Waals surface area contributed by atoms with E-state index in [9.17, 15) is 54.9 Å². The van der Waals surface area contributed by atoms with Crippen molar-refractivity contribution in [3.05, 3.63) is 87.1 Å². The Morgan fingerprint density at radius 2 is 1.72 bits per heavy atom. The van der Waals surface area contributed by atoms with Crippen LogP contribution >= 0.6 is 0 Å². The maximum Gasteiger partial charge on any atom is 0.253 e. The Labute approximate surface area is 329 Å². The molecule has 0 saturated carbocycles. The molecule has 12 N–H and O–H groups in total. The molecule has 2 amide bonds. The minimum Gasteiger partial charge on any atom is -0.507 e. The van der Waals surface area contributed by atoms with Crippen LogP contribution < -0.4 is 26.3 Å². The SMILES string of the molecule is CN=C(N)NCc1c(C)cc2c(c1O)C(=O)c1c(O[C@@H]3O[C@](O)(CO)[C@](O)(C[C@H](CN4C(=O)C=CC4=O)c4ccnc(N)c4)[C@H](O)[C@H]3O)cc(OC)c(CO)c1C2=O. The van der Waals surface area contributed by atoms with Crippen LogP contribution in [0.1, 0.15) is 66.4 Å². The quantitative estimate of drug-likeness (QED) is 0.0419. The lowest BCUT2D eigenvalue weighted by atomic mass is 9.74. The molecule has 20 nitrogen and oxygen atoms in total. The maximum atomic E-state index is 14.4. The second-order valence-corrected chi connectivity index (χ2v) is 14.0. The van der Waals surface area contributed by atoms with Gasteiger partial charge in [-0.3, -0.25) is 29.1 Å². The van der Waals surface area contributed by atoms with E-state index in [-0.39, 0.29) is 51.9 Å². The van der Waals surface area contributed by atoms with E-state index < -0.39 is 108 Å². The number of rotatable bonds is 12. The zero-order chi connectivity index (χ0) is 42.4. The molecule has 6 atom stereocenters. The molecule has 2 aliphatic heterocycles. The van der Waals surface area contributed by atoms with Crippen molar-refractivity contribution in [1.29, 1.82) is 0 Å². The highest BCUT2D eigenvalue weighted by Crippen LogP contribution is 2.47. The van der Waals surface area contributed by atoms with Crippen molar-refractivity contribution in [2.24, 2.45) is 10.7 Å².